The van der Waals surface area contributed by atoms with Gasteiger partial charge in [-0.15, -0.1) is 0 Å². The third kappa shape index (κ3) is 4.49. The highest BCUT2D eigenvalue weighted by molar-refractivity contribution is 5.89. The number of likely N-dealkylation sites (tertiary alicyclic amines) is 1. The standard InChI is InChI=1S/C19H29N3O2/c1-19(2,3)22-13-15(12-17(22)23)18(24)20-11-10-14-6-8-16(9-7-14)21(4)5/h6-9,15H,10-13H2,1-5H3,(H,20,24). The van der Waals surface area contributed by atoms with Crippen LogP contribution in [0.3, 0.4) is 0 Å². The molecule has 132 valence electrons. The van der Waals surface area contributed by atoms with E-state index in [1.807, 2.05) is 34.9 Å². The van der Waals surface area contributed by atoms with E-state index in [4.69, 9.17) is 0 Å². The lowest BCUT2D eigenvalue weighted by Gasteiger charge is -2.31. The van der Waals surface area contributed by atoms with Gasteiger partial charge >= 0.3 is 0 Å². The quantitative estimate of drug-likeness (QED) is 0.898. The Morgan fingerprint density at radius 2 is 1.88 bits per heavy atom. The van der Waals surface area contributed by atoms with Gasteiger partial charge in [-0.25, -0.2) is 0 Å². The summed E-state index contributed by atoms with van der Waals surface area (Å²) in [6.07, 6.45) is 1.11. The molecular weight excluding hydrogens is 302 g/mol. The lowest BCUT2D eigenvalue weighted by Crippen LogP contribution is -2.43. The molecule has 1 N–H and O–H groups in total. The Bertz CT molecular complexity index is 588. The van der Waals surface area contributed by atoms with E-state index in [1.165, 1.54) is 5.56 Å². The van der Waals surface area contributed by atoms with Crippen LogP contribution in [0.2, 0.25) is 0 Å². The topological polar surface area (TPSA) is 52.7 Å². The Balaban J connectivity index is 1.80. The molecule has 0 bridgehead atoms. The molecule has 5 nitrogen and oxygen atoms in total. The van der Waals surface area contributed by atoms with Crippen molar-refractivity contribution in [2.75, 3.05) is 32.1 Å². The Hall–Kier alpha value is -2.04. The van der Waals surface area contributed by atoms with Crippen molar-refractivity contribution in [3.63, 3.8) is 0 Å². The number of carbonyl (C=O) groups is 2. The van der Waals surface area contributed by atoms with Crippen molar-refractivity contribution in [2.45, 2.75) is 39.2 Å². The van der Waals surface area contributed by atoms with Crippen LogP contribution in [-0.4, -0.2) is 49.4 Å². The van der Waals surface area contributed by atoms with Gasteiger partial charge in [0.1, 0.15) is 0 Å². The number of benzene rings is 1. The van der Waals surface area contributed by atoms with Crippen molar-refractivity contribution in [1.82, 2.24) is 10.2 Å². The molecule has 0 saturated carbocycles. The molecule has 1 unspecified atom stereocenters. The molecule has 1 aliphatic heterocycles. The van der Waals surface area contributed by atoms with Gasteiger partial charge in [0.2, 0.25) is 11.8 Å². The largest absolute Gasteiger partial charge is 0.378 e. The lowest BCUT2D eigenvalue weighted by molar-refractivity contribution is -0.132. The van der Waals surface area contributed by atoms with E-state index >= 15 is 0 Å². The molecule has 0 aliphatic carbocycles. The van der Waals surface area contributed by atoms with E-state index in [0.29, 0.717) is 19.5 Å². The van der Waals surface area contributed by atoms with Crippen LogP contribution in [0.15, 0.2) is 24.3 Å². The fourth-order valence-electron chi connectivity index (χ4n) is 2.97. The average molecular weight is 331 g/mol. The molecule has 0 aromatic heterocycles. The number of anilines is 1. The molecule has 1 aliphatic rings. The predicted octanol–water partition coefficient (Wildman–Crippen LogP) is 2.06. The van der Waals surface area contributed by atoms with Gasteiger partial charge in [0.05, 0.1) is 5.92 Å². The Morgan fingerprint density at radius 3 is 2.38 bits per heavy atom. The first-order chi connectivity index (χ1) is 11.2. The Kier molecular flexibility index (Phi) is 5.52. The summed E-state index contributed by atoms with van der Waals surface area (Å²) in [7, 11) is 4.03. The smallest absolute Gasteiger partial charge is 0.225 e. The number of amides is 2. The second-order valence-corrected chi connectivity index (χ2v) is 7.68. The van der Waals surface area contributed by atoms with E-state index in [1.54, 1.807) is 4.90 Å². The summed E-state index contributed by atoms with van der Waals surface area (Å²) >= 11 is 0. The first kappa shape index (κ1) is 18.3. The minimum atomic E-state index is -0.229. The number of nitrogens with zero attached hydrogens (tertiary/aromatic N) is 2. The summed E-state index contributed by atoms with van der Waals surface area (Å²) in [5.74, 6) is -0.172. The number of hydrogen-bond donors (Lipinski definition) is 1. The number of hydrogen-bond acceptors (Lipinski definition) is 3. The van der Waals surface area contributed by atoms with Crippen molar-refractivity contribution in [2.24, 2.45) is 5.92 Å². The molecule has 1 aromatic rings. The van der Waals surface area contributed by atoms with Gasteiger partial charge in [-0.3, -0.25) is 9.59 Å². The first-order valence-electron chi connectivity index (χ1n) is 8.53. The van der Waals surface area contributed by atoms with Gasteiger partial charge in [0.25, 0.3) is 0 Å². The fraction of sp³-hybridized carbons (Fsp3) is 0.579. The summed E-state index contributed by atoms with van der Waals surface area (Å²) in [6, 6.07) is 8.33. The molecule has 1 heterocycles. The molecule has 1 fully saturated rings. The number of nitrogens with one attached hydrogen (secondary N) is 1. The van der Waals surface area contributed by atoms with Crippen LogP contribution >= 0.6 is 0 Å². The normalized spacial score (nSPS) is 18.0. The van der Waals surface area contributed by atoms with E-state index in [0.717, 1.165) is 12.1 Å². The van der Waals surface area contributed by atoms with E-state index in [2.05, 4.69) is 34.5 Å². The molecule has 1 aromatic carbocycles. The van der Waals surface area contributed by atoms with Crippen molar-refractivity contribution < 1.29 is 9.59 Å². The Morgan fingerprint density at radius 1 is 1.25 bits per heavy atom. The average Bonchev–Trinajstić information content (AvgIpc) is 2.90. The SMILES string of the molecule is CN(C)c1ccc(CCNC(=O)C2CC(=O)N(C(C)(C)C)C2)cc1. The maximum absolute atomic E-state index is 12.3. The maximum atomic E-state index is 12.3. The highest BCUT2D eigenvalue weighted by atomic mass is 16.2. The fourth-order valence-corrected chi connectivity index (χ4v) is 2.97. The van der Waals surface area contributed by atoms with Gasteiger partial charge in [-0.1, -0.05) is 12.1 Å². The summed E-state index contributed by atoms with van der Waals surface area (Å²) < 4.78 is 0. The van der Waals surface area contributed by atoms with Crippen molar-refractivity contribution in [1.29, 1.82) is 0 Å². The predicted molar refractivity (Wildman–Crippen MR) is 97.1 cm³/mol. The summed E-state index contributed by atoms with van der Waals surface area (Å²) in [5, 5.41) is 2.97. The summed E-state index contributed by atoms with van der Waals surface area (Å²) in [4.78, 5) is 28.2. The zero-order valence-electron chi connectivity index (χ0n) is 15.4. The van der Waals surface area contributed by atoms with Crippen molar-refractivity contribution in [3.8, 4) is 0 Å². The van der Waals surface area contributed by atoms with Crippen LogP contribution in [-0.2, 0) is 16.0 Å². The second-order valence-electron chi connectivity index (χ2n) is 7.68. The van der Waals surface area contributed by atoms with Crippen LogP contribution < -0.4 is 10.2 Å². The highest BCUT2D eigenvalue weighted by Gasteiger charge is 2.39. The minimum absolute atomic E-state index is 0.0139. The van der Waals surface area contributed by atoms with Gasteiger partial charge in [0.15, 0.2) is 0 Å². The third-order valence-electron chi connectivity index (χ3n) is 4.47. The zero-order valence-corrected chi connectivity index (χ0v) is 15.4. The molecule has 2 amide bonds. The highest BCUT2D eigenvalue weighted by Crippen LogP contribution is 2.25. The lowest BCUT2D eigenvalue weighted by atomic mass is 10.1. The number of carbonyl (C=O) groups excluding carboxylic acids is 2. The number of rotatable bonds is 5. The molecular formula is C19H29N3O2. The first-order valence-corrected chi connectivity index (χ1v) is 8.53. The van der Waals surface area contributed by atoms with Crippen LogP contribution in [0.1, 0.15) is 32.8 Å². The van der Waals surface area contributed by atoms with Crippen LogP contribution in [0.4, 0.5) is 5.69 Å². The molecule has 24 heavy (non-hydrogen) atoms. The van der Waals surface area contributed by atoms with Gasteiger partial charge in [-0.2, -0.15) is 0 Å². The van der Waals surface area contributed by atoms with Gasteiger partial charge in [0, 0.05) is 44.8 Å². The minimum Gasteiger partial charge on any atom is -0.378 e. The maximum Gasteiger partial charge on any atom is 0.225 e. The summed E-state index contributed by atoms with van der Waals surface area (Å²) in [6.45, 7) is 7.12. The van der Waals surface area contributed by atoms with E-state index < -0.39 is 0 Å². The van der Waals surface area contributed by atoms with Gasteiger partial charge < -0.3 is 15.1 Å². The molecule has 0 spiro atoms. The van der Waals surface area contributed by atoms with Crippen LogP contribution in [0, 0.1) is 5.92 Å². The zero-order chi connectivity index (χ0) is 17.9. The van der Waals surface area contributed by atoms with Crippen LogP contribution in [0.5, 0.6) is 0 Å². The molecule has 0 radical (unpaired) electrons. The van der Waals surface area contributed by atoms with Crippen molar-refractivity contribution in [3.05, 3.63) is 29.8 Å². The molecule has 1 saturated heterocycles. The monoisotopic (exact) mass is 331 g/mol. The third-order valence-corrected chi connectivity index (χ3v) is 4.47. The van der Waals surface area contributed by atoms with Crippen LogP contribution in [0.25, 0.3) is 0 Å². The Labute approximate surface area is 145 Å². The van der Waals surface area contributed by atoms with Gasteiger partial charge in [-0.05, 0) is 44.9 Å². The molecule has 1 atom stereocenters. The molecule has 5 heteroatoms. The molecule has 2 rings (SSSR count). The second kappa shape index (κ2) is 7.24. The summed E-state index contributed by atoms with van der Waals surface area (Å²) in [5.41, 5.74) is 2.13. The van der Waals surface area contributed by atoms with Crippen molar-refractivity contribution >= 4 is 17.5 Å². The van der Waals surface area contributed by atoms with E-state index in [9.17, 15) is 9.59 Å². The van der Waals surface area contributed by atoms with E-state index in [-0.39, 0.29) is 23.3 Å².